The van der Waals surface area contributed by atoms with Gasteiger partial charge in [0.1, 0.15) is 11.6 Å². The predicted molar refractivity (Wildman–Crippen MR) is 63.8 cm³/mol. The molecule has 2 N–H and O–H groups in total. The van der Waals surface area contributed by atoms with E-state index in [1.54, 1.807) is 7.05 Å². The molecular weight excluding hydrogens is 222 g/mol. The molecular formula is C13H18F2N2. The standard InChI is InChI=1S/C13H18F2N2/c1-16-13(9-3-2-6-17-8-9)11-7-10(14)4-5-12(11)15/h4-5,7,9,13,16-17H,2-3,6,8H2,1H3. The van der Waals surface area contributed by atoms with Crippen molar-refractivity contribution in [1.82, 2.24) is 10.6 Å². The van der Waals surface area contributed by atoms with Gasteiger partial charge in [0.05, 0.1) is 0 Å². The van der Waals surface area contributed by atoms with E-state index in [1.165, 1.54) is 12.1 Å². The lowest BCUT2D eigenvalue weighted by atomic mass is 9.87. The summed E-state index contributed by atoms with van der Waals surface area (Å²) >= 11 is 0. The van der Waals surface area contributed by atoms with Crippen molar-refractivity contribution < 1.29 is 8.78 Å². The number of rotatable bonds is 3. The van der Waals surface area contributed by atoms with Gasteiger partial charge in [-0.15, -0.1) is 0 Å². The maximum absolute atomic E-state index is 13.7. The Hall–Kier alpha value is -1.00. The first kappa shape index (κ1) is 12.5. The minimum absolute atomic E-state index is 0.126. The zero-order valence-electron chi connectivity index (χ0n) is 9.97. The van der Waals surface area contributed by atoms with E-state index in [-0.39, 0.29) is 17.7 Å². The Morgan fingerprint density at radius 1 is 1.41 bits per heavy atom. The molecule has 0 saturated carbocycles. The lowest BCUT2D eigenvalue weighted by molar-refractivity contribution is 0.292. The van der Waals surface area contributed by atoms with Crippen LogP contribution in [0.15, 0.2) is 18.2 Å². The van der Waals surface area contributed by atoms with E-state index in [1.807, 2.05) is 0 Å². The van der Waals surface area contributed by atoms with Gasteiger partial charge in [0.15, 0.2) is 0 Å². The number of hydrogen-bond donors (Lipinski definition) is 2. The molecule has 0 aliphatic carbocycles. The van der Waals surface area contributed by atoms with Gasteiger partial charge in [-0.3, -0.25) is 0 Å². The number of halogens is 2. The number of nitrogens with one attached hydrogen (secondary N) is 2. The summed E-state index contributed by atoms with van der Waals surface area (Å²) in [6.45, 7) is 1.86. The van der Waals surface area contributed by atoms with Crippen LogP contribution in [0.1, 0.15) is 24.4 Å². The fourth-order valence-electron chi connectivity index (χ4n) is 2.56. The summed E-state index contributed by atoms with van der Waals surface area (Å²) in [7, 11) is 1.80. The first-order chi connectivity index (χ1) is 8.22. The van der Waals surface area contributed by atoms with Gasteiger partial charge in [0.2, 0.25) is 0 Å². The fourth-order valence-corrected chi connectivity index (χ4v) is 2.56. The van der Waals surface area contributed by atoms with Crippen molar-refractivity contribution in [2.75, 3.05) is 20.1 Å². The van der Waals surface area contributed by atoms with Crippen LogP contribution in [0.25, 0.3) is 0 Å². The smallest absolute Gasteiger partial charge is 0.128 e. The molecule has 2 unspecified atom stereocenters. The van der Waals surface area contributed by atoms with Crippen molar-refractivity contribution >= 4 is 0 Å². The fraction of sp³-hybridized carbons (Fsp3) is 0.538. The van der Waals surface area contributed by atoms with Crippen LogP contribution in [0.3, 0.4) is 0 Å². The van der Waals surface area contributed by atoms with Crippen LogP contribution in [0.5, 0.6) is 0 Å². The number of hydrogen-bond acceptors (Lipinski definition) is 2. The minimum atomic E-state index is -0.384. The van der Waals surface area contributed by atoms with Gasteiger partial charge in [0.25, 0.3) is 0 Å². The second-order valence-electron chi connectivity index (χ2n) is 4.54. The molecule has 1 aromatic carbocycles. The van der Waals surface area contributed by atoms with Crippen LogP contribution in [0.4, 0.5) is 8.78 Å². The third-order valence-corrected chi connectivity index (χ3v) is 3.41. The molecule has 0 bridgehead atoms. The van der Waals surface area contributed by atoms with Crippen LogP contribution in [0.2, 0.25) is 0 Å². The molecule has 0 aromatic heterocycles. The highest BCUT2D eigenvalue weighted by Crippen LogP contribution is 2.29. The van der Waals surface area contributed by atoms with Crippen molar-refractivity contribution in [3.63, 3.8) is 0 Å². The normalized spacial score (nSPS) is 22.4. The summed E-state index contributed by atoms with van der Waals surface area (Å²) in [5.41, 5.74) is 0.432. The zero-order valence-corrected chi connectivity index (χ0v) is 9.97. The molecule has 1 aromatic rings. The summed E-state index contributed by atoms with van der Waals surface area (Å²) in [6, 6.07) is 3.53. The van der Waals surface area contributed by atoms with E-state index in [0.29, 0.717) is 11.5 Å². The molecule has 0 amide bonds. The van der Waals surface area contributed by atoms with E-state index in [4.69, 9.17) is 0 Å². The third-order valence-electron chi connectivity index (χ3n) is 3.41. The van der Waals surface area contributed by atoms with Crippen molar-refractivity contribution in [3.8, 4) is 0 Å². The van der Waals surface area contributed by atoms with Gasteiger partial charge in [-0.25, -0.2) is 8.78 Å². The van der Waals surface area contributed by atoms with E-state index >= 15 is 0 Å². The second kappa shape index (κ2) is 5.56. The van der Waals surface area contributed by atoms with Crippen molar-refractivity contribution in [1.29, 1.82) is 0 Å². The average molecular weight is 240 g/mol. The molecule has 94 valence electrons. The summed E-state index contributed by atoms with van der Waals surface area (Å²) in [5, 5.41) is 6.41. The number of piperidine rings is 1. The number of benzene rings is 1. The molecule has 1 aliphatic rings. The first-order valence-corrected chi connectivity index (χ1v) is 6.05. The first-order valence-electron chi connectivity index (χ1n) is 6.05. The maximum Gasteiger partial charge on any atom is 0.128 e. The van der Waals surface area contributed by atoms with Crippen LogP contribution in [-0.4, -0.2) is 20.1 Å². The topological polar surface area (TPSA) is 24.1 Å². The highest BCUT2D eigenvalue weighted by molar-refractivity contribution is 5.23. The second-order valence-corrected chi connectivity index (χ2v) is 4.54. The Morgan fingerprint density at radius 2 is 2.24 bits per heavy atom. The quantitative estimate of drug-likeness (QED) is 0.846. The van der Waals surface area contributed by atoms with E-state index in [9.17, 15) is 8.78 Å². The molecule has 0 radical (unpaired) electrons. The van der Waals surface area contributed by atoms with Crippen LogP contribution < -0.4 is 10.6 Å². The zero-order chi connectivity index (χ0) is 12.3. The third kappa shape index (κ3) is 2.82. The Balaban J connectivity index is 2.24. The molecule has 2 rings (SSSR count). The average Bonchev–Trinajstić information content (AvgIpc) is 2.36. The molecule has 1 aliphatic heterocycles. The maximum atomic E-state index is 13.7. The van der Waals surface area contributed by atoms with Crippen molar-refractivity contribution in [2.24, 2.45) is 5.92 Å². The van der Waals surface area contributed by atoms with Crippen LogP contribution in [-0.2, 0) is 0 Å². The van der Waals surface area contributed by atoms with Gasteiger partial charge in [0, 0.05) is 11.6 Å². The summed E-state index contributed by atoms with van der Waals surface area (Å²) in [5.74, 6) is -0.410. The van der Waals surface area contributed by atoms with Gasteiger partial charge in [-0.1, -0.05) is 0 Å². The van der Waals surface area contributed by atoms with E-state index < -0.39 is 0 Å². The molecule has 1 saturated heterocycles. The highest BCUT2D eigenvalue weighted by Gasteiger charge is 2.26. The Kier molecular flexibility index (Phi) is 4.07. The largest absolute Gasteiger partial charge is 0.316 e. The van der Waals surface area contributed by atoms with Crippen LogP contribution >= 0.6 is 0 Å². The molecule has 1 heterocycles. The monoisotopic (exact) mass is 240 g/mol. The molecule has 0 spiro atoms. The van der Waals surface area contributed by atoms with Crippen LogP contribution in [0, 0.1) is 17.6 Å². The van der Waals surface area contributed by atoms with E-state index in [2.05, 4.69) is 10.6 Å². The highest BCUT2D eigenvalue weighted by atomic mass is 19.1. The molecule has 2 nitrogen and oxygen atoms in total. The van der Waals surface area contributed by atoms with Gasteiger partial charge in [-0.05, 0) is 57.1 Å². The Morgan fingerprint density at radius 3 is 2.88 bits per heavy atom. The summed E-state index contributed by atoms with van der Waals surface area (Å²) in [4.78, 5) is 0. The Labute approximate surface area is 100 Å². The summed E-state index contributed by atoms with van der Waals surface area (Å²) < 4.78 is 26.9. The van der Waals surface area contributed by atoms with Gasteiger partial charge in [-0.2, -0.15) is 0 Å². The van der Waals surface area contributed by atoms with Crippen molar-refractivity contribution in [3.05, 3.63) is 35.4 Å². The summed E-state index contributed by atoms with van der Waals surface area (Å²) in [6.07, 6.45) is 2.12. The molecule has 4 heteroatoms. The molecule has 1 fully saturated rings. The van der Waals surface area contributed by atoms with Gasteiger partial charge >= 0.3 is 0 Å². The minimum Gasteiger partial charge on any atom is -0.316 e. The van der Waals surface area contributed by atoms with Gasteiger partial charge < -0.3 is 10.6 Å². The lowest BCUT2D eigenvalue weighted by Gasteiger charge is -2.31. The molecule has 17 heavy (non-hydrogen) atoms. The van der Waals surface area contributed by atoms with Crippen molar-refractivity contribution in [2.45, 2.75) is 18.9 Å². The Bertz CT molecular complexity index is 376. The SMILES string of the molecule is CNC(c1cc(F)ccc1F)C1CCCNC1. The predicted octanol–water partition coefficient (Wildman–Crippen LogP) is 2.22. The van der Waals surface area contributed by atoms with E-state index in [0.717, 1.165) is 32.0 Å². The molecule has 2 atom stereocenters. The lowest BCUT2D eigenvalue weighted by Crippen LogP contribution is -2.38.